The summed E-state index contributed by atoms with van der Waals surface area (Å²) >= 11 is 4.83. The van der Waals surface area contributed by atoms with Gasteiger partial charge in [0.05, 0.1) is 7.11 Å². The second-order valence-electron chi connectivity index (χ2n) is 4.30. The van der Waals surface area contributed by atoms with Crippen molar-refractivity contribution >= 4 is 43.0 Å². The minimum absolute atomic E-state index is 0.0380. The second-order valence-corrected chi connectivity index (χ2v) is 7.67. The molecule has 0 atom stereocenters. The molecule has 114 valence electrons. The van der Waals surface area contributed by atoms with Gasteiger partial charge in [0.2, 0.25) is 10.0 Å². The topological polar surface area (TPSA) is 81.4 Å². The van der Waals surface area contributed by atoms with E-state index in [1.807, 2.05) is 16.8 Å². The molecule has 2 aromatic rings. The Hall–Kier alpha value is -1.09. The number of thiophene rings is 1. The lowest BCUT2D eigenvalue weighted by Gasteiger charge is -2.12. The van der Waals surface area contributed by atoms with E-state index in [0.29, 0.717) is 23.1 Å². The van der Waals surface area contributed by atoms with E-state index in [0.717, 1.165) is 5.56 Å². The second kappa shape index (κ2) is 6.78. The highest BCUT2D eigenvalue weighted by Crippen LogP contribution is 2.32. The van der Waals surface area contributed by atoms with Crippen LogP contribution in [0.3, 0.4) is 0 Å². The third-order valence-electron chi connectivity index (χ3n) is 2.86. The number of nitrogens with two attached hydrogens (primary N) is 1. The SMILES string of the molecule is COc1cc(Br)c(N)cc1S(=O)(=O)NCCc1ccsc1. The molecular weight excluding hydrogens is 376 g/mol. The van der Waals surface area contributed by atoms with Gasteiger partial charge in [-0.1, -0.05) is 0 Å². The number of benzene rings is 1. The van der Waals surface area contributed by atoms with Crippen molar-refractivity contribution in [2.45, 2.75) is 11.3 Å². The number of ether oxygens (including phenoxy) is 1. The van der Waals surface area contributed by atoms with Gasteiger partial charge in [0.1, 0.15) is 10.6 Å². The Morgan fingerprint density at radius 3 is 2.81 bits per heavy atom. The van der Waals surface area contributed by atoms with Crippen LogP contribution in [0.1, 0.15) is 5.56 Å². The lowest BCUT2D eigenvalue weighted by Crippen LogP contribution is -2.26. The van der Waals surface area contributed by atoms with Crippen molar-refractivity contribution < 1.29 is 13.2 Å². The molecule has 8 heteroatoms. The molecule has 0 saturated heterocycles. The van der Waals surface area contributed by atoms with Crippen molar-refractivity contribution in [1.29, 1.82) is 0 Å². The van der Waals surface area contributed by atoms with Crippen LogP contribution in [0.25, 0.3) is 0 Å². The van der Waals surface area contributed by atoms with Gasteiger partial charge >= 0.3 is 0 Å². The van der Waals surface area contributed by atoms with Gasteiger partial charge in [0.15, 0.2) is 0 Å². The lowest BCUT2D eigenvalue weighted by molar-refractivity contribution is 0.402. The normalized spacial score (nSPS) is 11.5. The molecule has 0 amide bonds. The van der Waals surface area contributed by atoms with Crippen LogP contribution < -0.4 is 15.2 Å². The quantitative estimate of drug-likeness (QED) is 0.742. The van der Waals surface area contributed by atoms with Gasteiger partial charge < -0.3 is 10.5 Å². The molecular formula is C13H15BrN2O3S2. The molecule has 0 unspecified atom stereocenters. The summed E-state index contributed by atoms with van der Waals surface area (Å²) < 4.78 is 33.0. The van der Waals surface area contributed by atoms with E-state index < -0.39 is 10.0 Å². The number of hydrogen-bond acceptors (Lipinski definition) is 5. The smallest absolute Gasteiger partial charge is 0.244 e. The standard InChI is InChI=1S/C13H15BrN2O3S2/c1-19-12-6-10(14)11(15)7-13(12)21(17,18)16-4-2-9-3-5-20-8-9/h3,5-8,16H,2,4,15H2,1H3. The Labute approximate surface area is 136 Å². The Morgan fingerprint density at radius 2 is 2.19 bits per heavy atom. The van der Waals surface area contributed by atoms with Crippen LogP contribution in [0.2, 0.25) is 0 Å². The molecule has 0 aliphatic rings. The first kappa shape index (κ1) is 16.3. The molecule has 0 bridgehead atoms. The first-order valence-corrected chi connectivity index (χ1v) is 9.29. The maximum absolute atomic E-state index is 12.3. The fraction of sp³-hybridized carbons (Fsp3) is 0.231. The highest BCUT2D eigenvalue weighted by Gasteiger charge is 2.20. The van der Waals surface area contributed by atoms with Crippen LogP contribution in [-0.2, 0) is 16.4 Å². The summed E-state index contributed by atoms with van der Waals surface area (Å²) in [5.74, 6) is 0.249. The number of rotatable bonds is 6. The highest BCUT2D eigenvalue weighted by atomic mass is 79.9. The maximum atomic E-state index is 12.3. The van der Waals surface area contributed by atoms with E-state index >= 15 is 0 Å². The number of halogens is 1. The third kappa shape index (κ3) is 3.97. The van der Waals surface area contributed by atoms with E-state index in [2.05, 4.69) is 20.7 Å². The summed E-state index contributed by atoms with van der Waals surface area (Å²) in [7, 11) is -2.25. The molecule has 0 spiro atoms. The fourth-order valence-electron chi connectivity index (χ4n) is 1.76. The Bertz CT molecular complexity index is 715. The summed E-state index contributed by atoms with van der Waals surface area (Å²) in [5.41, 5.74) is 7.20. The molecule has 0 aliphatic heterocycles. The molecule has 21 heavy (non-hydrogen) atoms. The third-order valence-corrected chi connectivity index (χ3v) is 5.76. The van der Waals surface area contributed by atoms with E-state index in [1.165, 1.54) is 13.2 Å². The van der Waals surface area contributed by atoms with Gasteiger partial charge in [-0.2, -0.15) is 11.3 Å². The van der Waals surface area contributed by atoms with Gasteiger partial charge in [-0.3, -0.25) is 0 Å². The largest absolute Gasteiger partial charge is 0.495 e. The molecule has 0 radical (unpaired) electrons. The molecule has 0 saturated carbocycles. The van der Waals surface area contributed by atoms with Crippen molar-refractivity contribution in [2.75, 3.05) is 19.4 Å². The van der Waals surface area contributed by atoms with Gasteiger partial charge in [-0.05, 0) is 56.9 Å². The number of anilines is 1. The summed E-state index contributed by atoms with van der Waals surface area (Å²) in [5, 5.41) is 3.95. The molecule has 1 aromatic heterocycles. The first-order valence-electron chi connectivity index (χ1n) is 6.08. The van der Waals surface area contributed by atoms with Crippen molar-refractivity contribution in [2.24, 2.45) is 0 Å². The summed E-state index contributed by atoms with van der Waals surface area (Å²) in [6, 6.07) is 4.90. The average Bonchev–Trinajstić information content (AvgIpc) is 2.94. The number of nitrogen functional groups attached to an aromatic ring is 1. The van der Waals surface area contributed by atoms with Crippen molar-refractivity contribution in [3.8, 4) is 5.75 Å². The van der Waals surface area contributed by atoms with Gasteiger partial charge in [0.25, 0.3) is 0 Å². The number of methoxy groups -OCH3 is 1. The van der Waals surface area contributed by atoms with E-state index in [9.17, 15) is 8.42 Å². The minimum Gasteiger partial charge on any atom is -0.495 e. The number of nitrogens with one attached hydrogen (secondary N) is 1. The molecule has 0 fully saturated rings. The zero-order chi connectivity index (χ0) is 15.5. The van der Waals surface area contributed by atoms with Gasteiger partial charge in [-0.25, -0.2) is 13.1 Å². The molecule has 5 nitrogen and oxygen atoms in total. The van der Waals surface area contributed by atoms with Crippen LogP contribution in [0.5, 0.6) is 5.75 Å². The number of sulfonamides is 1. The van der Waals surface area contributed by atoms with Crippen LogP contribution in [0.15, 0.2) is 38.3 Å². The van der Waals surface area contributed by atoms with Crippen LogP contribution in [0, 0.1) is 0 Å². The molecule has 1 heterocycles. The Morgan fingerprint density at radius 1 is 1.43 bits per heavy atom. The van der Waals surface area contributed by atoms with Crippen LogP contribution >= 0.6 is 27.3 Å². The zero-order valence-corrected chi connectivity index (χ0v) is 14.5. The monoisotopic (exact) mass is 390 g/mol. The van der Waals surface area contributed by atoms with Gasteiger partial charge in [-0.15, -0.1) is 0 Å². The predicted molar refractivity (Wildman–Crippen MR) is 88.3 cm³/mol. The maximum Gasteiger partial charge on any atom is 0.244 e. The Balaban J connectivity index is 2.17. The van der Waals surface area contributed by atoms with Crippen molar-refractivity contribution in [3.05, 3.63) is 39.0 Å². The molecule has 1 aromatic carbocycles. The predicted octanol–water partition coefficient (Wildman–Crippen LogP) is 2.62. The molecule has 0 aliphatic carbocycles. The number of hydrogen-bond donors (Lipinski definition) is 2. The Kier molecular flexibility index (Phi) is 5.26. The molecule has 2 rings (SSSR count). The van der Waals surface area contributed by atoms with Crippen molar-refractivity contribution in [1.82, 2.24) is 4.72 Å². The highest BCUT2D eigenvalue weighted by molar-refractivity contribution is 9.10. The van der Waals surface area contributed by atoms with E-state index in [-0.39, 0.29) is 10.6 Å². The summed E-state index contributed by atoms with van der Waals surface area (Å²) in [6.45, 7) is 0.318. The molecule has 3 N–H and O–H groups in total. The average molecular weight is 391 g/mol. The van der Waals surface area contributed by atoms with Crippen molar-refractivity contribution in [3.63, 3.8) is 0 Å². The van der Waals surface area contributed by atoms with E-state index in [1.54, 1.807) is 17.4 Å². The van der Waals surface area contributed by atoms with Gasteiger partial charge in [0, 0.05) is 16.7 Å². The first-order chi connectivity index (χ1) is 9.94. The van der Waals surface area contributed by atoms with E-state index in [4.69, 9.17) is 10.5 Å². The minimum atomic E-state index is -3.67. The zero-order valence-electron chi connectivity index (χ0n) is 11.3. The van der Waals surface area contributed by atoms with Crippen LogP contribution in [0.4, 0.5) is 5.69 Å². The van der Waals surface area contributed by atoms with Crippen LogP contribution in [-0.4, -0.2) is 22.1 Å². The lowest BCUT2D eigenvalue weighted by atomic mass is 10.2. The fourth-order valence-corrected chi connectivity index (χ4v) is 4.00. The summed E-state index contributed by atoms with van der Waals surface area (Å²) in [6.07, 6.45) is 0.636. The summed E-state index contributed by atoms with van der Waals surface area (Å²) in [4.78, 5) is 0.0380.